The van der Waals surface area contributed by atoms with Crippen molar-refractivity contribution in [1.29, 1.82) is 0 Å². The minimum Gasteiger partial charge on any atom is -0.352 e. The standard InChI is InChI=1S/C18H15NO/c1-2-3-4-5-6-7-11-14-18(20)19-16-15-17-12-9-8-10-13-17/h8-14H,15-16H2,1H3,(H,19,20). The Morgan fingerprint density at radius 3 is 2.65 bits per heavy atom. The van der Waals surface area contributed by atoms with Gasteiger partial charge in [-0.15, -0.1) is 0 Å². The highest BCUT2D eigenvalue weighted by molar-refractivity contribution is 5.87. The topological polar surface area (TPSA) is 29.1 Å². The van der Waals surface area contributed by atoms with Gasteiger partial charge in [-0.1, -0.05) is 42.2 Å². The molecule has 1 aromatic rings. The van der Waals surface area contributed by atoms with Gasteiger partial charge >= 0.3 is 0 Å². The molecule has 0 saturated carbocycles. The Labute approximate surface area is 120 Å². The van der Waals surface area contributed by atoms with Crippen molar-refractivity contribution in [2.24, 2.45) is 0 Å². The maximum atomic E-state index is 11.4. The number of allylic oxidation sites excluding steroid dienone is 1. The van der Waals surface area contributed by atoms with E-state index in [4.69, 9.17) is 0 Å². The van der Waals surface area contributed by atoms with Gasteiger partial charge in [-0.2, -0.15) is 0 Å². The summed E-state index contributed by atoms with van der Waals surface area (Å²) in [5.74, 6) is 15.4. The van der Waals surface area contributed by atoms with Gasteiger partial charge in [0.15, 0.2) is 0 Å². The van der Waals surface area contributed by atoms with Gasteiger partial charge in [0, 0.05) is 12.6 Å². The Hall–Kier alpha value is -2.89. The first kappa shape index (κ1) is 15.2. The van der Waals surface area contributed by atoms with E-state index in [2.05, 4.69) is 40.8 Å². The van der Waals surface area contributed by atoms with Crippen molar-refractivity contribution in [1.82, 2.24) is 5.32 Å². The van der Waals surface area contributed by atoms with E-state index in [1.54, 1.807) is 6.92 Å². The van der Waals surface area contributed by atoms with Crippen LogP contribution < -0.4 is 5.32 Å². The molecular weight excluding hydrogens is 246 g/mol. The van der Waals surface area contributed by atoms with Crippen molar-refractivity contribution in [2.75, 3.05) is 6.54 Å². The third-order valence-electron chi connectivity index (χ3n) is 2.26. The zero-order valence-corrected chi connectivity index (χ0v) is 11.4. The number of hydrogen-bond acceptors (Lipinski definition) is 1. The molecule has 0 unspecified atom stereocenters. The molecule has 1 N–H and O–H groups in total. The maximum absolute atomic E-state index is 11.4. The van der Waals surface area contributed by atoms with Crippen LogP contribution in [0.15, 0.2) is 42.5 Å². The van der Waals surface area contributed by atoms with E-state index in [1.165, 1.54) is 17.7 Å². The Morgan fingerprint density at radius 2 is 1.90 bits per heavy atom. The second-order valence-electron chi connectivity index (χ2n) is 3.75. The number of carbonyl (C=O) groups is 1. The van der Waals surface area contributed by atoms with Gasteiger partial charge in [-0.05, 0) is 48.7 Å². The lowest BCUT2D eigenvalue weighted by Crippen LogP contribution is -2.23. The SMILES string of the molecule is CC#CC#CC#CC=CC(=O)NCCc1ccccc1. The van der Waals surface area contributed by atoms with Gasteiger partial charge < -0.3 is 5.32 Å². The molecule has 1 amide bonds. The highest BCUT2D eigenvalue weighted by Gasteiger charge is 1.94. The molecule has 2 heteroatoms. The number of amides is 1. The molecule has 0 aliphatic rings. The fraction of sp³-hybridized carbons (Fsp3) is 0.167. The van der Waals surface area contributed by atoms with Crippen LogP contribution in [0.5, 0.6) is 0 Å². The van der Waals surface area contributed by atoms with Gasteiger partial charge in [0.25, 0.3) is 0 Å². The van der Waals surface area contributed by atoms with Crippen molar-refractivity contribution in [3.05, 3.63) is 48.0 Å². The van der Waals surface area contributed by atoms with Crippen LogP contribution in [-0.4, -0.2) is 12.5 Å². The highest BCUT2D eigenvalue weighted by Crippen LogP contribution is 1.97. The smallest absolute Gasteiger partial charge is 0.244 e. The summed E-state index contributed by atoms with van der Waals surface area (Å²) in [5.41, 5.74) is 1.20. The van der Waals surface area contributed by atoms with Crippen molar-refractivity contribution in [3.63, 3.8) is 0 Å². The van der Waals surface area contributed by atoms with E-state index >= 15 is 0 Å². The molecule has 0 spiro atoms. The molecule has 0 aliphatic carbocycles. The van der Waals surface area contributed by atoms with Crippen LogP contribution in [0, 0.1) is 35.5 Å². The fourth-order valence-corrected chi connectivity index (χ4v) is 1.35. The first-order chi connectivity index (χ1) is 9.83. The van der Waals surface area contributed by atoms with Gasteiger partial charge in [0.1, 0.15) is 0 Å². The predicted octanol–water partition coefficient (Wildman–Crippen LogP) is 1.93. The Kier molecular flexibility index (Phi) is 7.64. The van der Waals surface area contributed by atoms with Crippen molar-refractivity contribution in [3.8, 4) is 35.5 Å². The van der Waals surface area contributed by atoms with Crippen LogP contribution in [0.2, 0.25) is 0 Å². The molecule has 0 saturated heterocycles. The van der Waals surface area contributed by atoms with Crippen molar-refractivity contribution >= 4 is 5.91 Å². The molecule has 0 bridgehead atoms. The van der Waals surface area contributed by atoms with Gasteiger partial charge in [-0.3, -0.25) is 4.79 Å². The van der Waals surface area contributed by atoms with Gasteiger partial charge in [0.2, 0.25) is 5.91 Å². The summed E-state index contributed by atoms with van der Waals surface area (Å²) in [5, 5.41) is 2.79. The van der Waals surface area contributed by atoms with Crippen molar-refractivity contribution in [2.45, 2.75) is 13.3 Å². The lowest BCUT2D eigenvalue weighted by Gasteiger charge is -2.01. The zero-order valence-electron chi connectivity index (χ0n) is 11.4. The molecule has 98 valence electrons. The molecule has 0 aliphatic heterocycles. The number of nitrogens with one attached hydrogen (secondary N) is 1. The molecule has 1 aromatic carbocycles. The molecule has 1 rings (SSSR count). The first-order valence-electron chi connectivity index (χ1n) is 6.23. The van der Waals surface area contributed by atoms with E-state index in [-0.39, 0.29) is 5.91 Å². The molecule has 0 heterocycles. The molecule has 0 atom stereocenters. The number of carbonyl (C=O) groups excluding carboxylic acids is 1. The van der Waals surface area contributed by atoms with E-state index in [9.17, 15) is 4.79 Å². The van der Waals surface area contributed by atoms with E-state index < -0.39 is 0 Å². The van der Waals surface area contributed by atoms with Crippen LogP contribution in [0.25, 0.3) is 0 Å². The third kappa shape index (κ3) is 7.44. The average molecular weight is 261 g/mol. The van der Waals surface area contributed by atoms with E-state index in [0.717, 1.165) is 6.42 Å². The number of benzene rings is 1. The molecule has 0 radical (unpaired) electrons. The Bertz CT molecular complexity index is 637. The predicted molar refractivity (Wildman–Crippen MR) is 81.3 cm³/mol. The summed E-state index contributed by atoms with van der Waals surface area (Å²) in [6.45, 7) is 2.31. The summed E-state index contributed by atoms with van der Waals surface area (Å²) in [6, 6.07) is 10.0. The molecular formula is C18H15NO. The van der Waals surface area contributed by atoms with Crippen LogP contribution in [0.1, 0.15) is 12.5 Å². The van der Waals surface area contributed by atoms with Crippen LogP contribution in [0.4, 0.5) is 0 Å². The minimum atomic E-state index is -0.156. The molecule has 0 fully saturated rings. The van der Waals surface area contributed by atoms with E-state index in [0.29, 0.717) is 6.54 Å². The molecule has 0 aromatic heterocycles. The van der Waals surface area contributed by atoms with Crippen LogP contribution in [0.3, 0.4) is 0 Å². The van der Waals surface area contributed by atoms with Crippen molar-refractivity contribution < 1.29 is 4.79 Å². The fourth-order valence-electron chi connectivity index (χ4n) is 1.35. The number of rotatable bonds is 4. The average Bonchev–Trinajstić information content (AvgIpc) is 2.47. The second-order valence-corrected chi connectivity index (χ2v) is 3.75. The summed E-state index contributed by atoms with van der Waals surface area (Å²) in [7, 11) is 0. The largest absolute Gasteiger partial charge is 0.352 e. The normalized spacial score (nSPS) is 8.45. The van der Waals surface area contributed by atoms with E-state index in [1.807, 2.05) is 30.3 Å². The minimum absolute atomic E-state index is 0.156. The summed E-state index contributed by atoms with van der Waals surface area (Å²) in [4.78, 5) is 11.4. The Morgan fingerprint density at radius 1 is 1.15 bits per heavy atom. The lowest BCUT2D eigenvalue weighted by atomic mass is 10.1. The summed E-state index contributed by atoms with van der Waals surface area (Å²) in [6.07, 6.45) is 3.68. The Balaban J connectivity index is 2.26. The van der Waals surface area contributed by atoms with Crippen LogP contribution >= 0.6 is 0 Å². The quantitative estimate of drug-likeness (QED) is 0.651. The third-order valence-corrected chi connectivity index (χ3v) is 2.26. The molecule has 2 nitrogen and oxygen atoms in total. The zero-order chi connectivity index (χ0) is 14.5. The monoisotopic (exact) mass is 261 g/mol. The first-order valence-corrected chi connectivity index (χ1v) is 6.23. The van der Waals surface area contributed by atoms with Gasteiger partial charge in [0.05, 0.1) is 0 Å². The maximum Gasteiger partial charge on any atom is 0.244 e. The highest BCUT2D eigenvalue weighted by atomic mass is 16.1. The van der Waals surface area contributed by atoms with Gasteiger partial charge in [-0.25, -0.2) is 0 Å². The lowest BCUT2D eigenvalue weighted by molar-refractivity contribution is -0.116. The van der Waals surface area contributed by atoms with Crippen LogP contribution in [-0.2, 0) is 11.2 Å². The summed E-state index contributed by atoms with van der Waals surface area (Å²) < 4.78 is 0. The molecule has 20 heavy (non-hydrogen) atoms. The number of hydrogen-bond donors (Lipinski definition) is 1. The summed E-state index contributed by atoms with van der Waals surface area (Å²) >= 11 is 0. The second kappa shape index (κ2) is 10.1.